The van der Waals surface area contributed by atoms with Gasteiger partial charge in [-0.3, -0.25) is 4.79 Å². The van der Waals surface area contributed by atoms with Crippen molar-refractivity contribution >= 4 is 45.7 Å². The molecule has 2 N–H and O–H groups in total. The molecule has 1 amide bonds. The number of aromatic nitrogens is 4. The van der Waals surface area contributed by atoms with E-state index in [0.29, 0.717) is 23.9 Å². The topological polar surface area (TPSA) is 84.7 Å². The summed E-state index contributed by atoms with van der Waals surface area (Å²) in [5, 5.41) is 8.77. The lowest BCUT2D eigenvalue weighted by Crippen LogP contribution is -2.37. The SMILES string of the molecule is O=C(Nc1cc(-c2ccc3c(c2)ncn3Cc2cscn2)c(Cl)cn1)C1CCCNC1. The van der Waals surface area contributed by atoms with Crippen molar-refractivity contribution in [3.8, 4) is 11.1 Å². The standard InChI is InChI=1S/C22H21ClN6OS/c23-18-9-25-21(28-22(30)15-2-1-5-24-8-15)7-17(18)14-3-4-20-19(6-14)26-12-29(20)10-16-11-31-13-27-16/h3-4,6-7,9,11-13,15,24H,1-2,5,8,10H2,(H,25,28,30). The van der Waals surface area contributed by atoms with Crippen molar-refractivity contribution in [2.75, 3.05) is 18.4 Å². The molecular weight excluding hydrogens is 432 g/mol. The number of anilines is 1. The van der Waals surface area contributed by atoms with Gasteiger partial charge < -0.3 is 15.2 Å². The lowest BCUT2D eigenvalue weighted by atomic mass is 9.99. The van der Waals surface area contributed by atoms with Crippen LogP contribution in [-0.2, 0) is 11.3 Å². The minimum Gasteiger partial charge on any atom is -0.324 e. The highest BCUT2D eigenvalue weighted by Crippen LogP contribution is 2.31. The maximum atomic E-state index is 12.6. The smallest absolute Gasteiger partial charge is 0.229 e. The number of halogens is 1. The number of carbonyl (C=O) groups is 1. The number of rotatable bonds is 5. The summed E-state index contributed by atoms with van der Waals surface area (Å²) >= 11 is 8.03. The van der Waals surface area contributed by atoms with Crippen molar-refractivity contribution < 1.29 is 4.79 Å². The summed E-state index contributed by atoms with van der Waals surface area (Å²) in [6.07, 6.45) is 5.30. The average Bonchev–Trinajstić information content (AvgIpc) is 3.46. The van der Waals surface area contributed by atoms with Gasteiger partial charge in [0.2, 0.25) is 5.91 Å². The van der Waals surface area contributed by atoms with Crippen LogP contribution in [0.2, 0.25) is 5.02 Å². The molecule has 9 heteroatoms. The third kappa shape index (κ3) is 4.32. The molecule has 1 aliphatic rings. The predicted molar refractivity (Wildman–Crippen MR) is 123 cm³/mol. The molecule has 1 aliphatic heterocycles. The highest BCUT2D eigenvalue weighted by atomic mass is 35.5. The van der Waals surface area contributed by atoms with Gasteiger partial charge in [-0.2, -0.15) is 0 Å². The van der Waals surface area contributed by atoms with Crippen molar-refractivity contribution in [2.45, 2.75) is 19.4 Å². The van der Waals surface area contributed by atoms with Crippen LogP contribution in [-0.4, -0.2) is 38.5 Å². The zero-order valence-electron chi connectivity index (χ0n) is 16.7. The number of benzene rings is 1. The number of pyridine rings is 1. The first-order chi connectivity index (χ1) is 15.2. The summed E-state index contributed by atoms with van der Waals surface area (Å²) in [6.45, 7) is 2.35. The monoisotopic (exact) mass is 452 g/mol. The molecule has 31 heavy (non-hydrogen) atoms. The second-order valence-electron chi connectivity index (χ2n) is 7.64. The maximum absolute atomic E-state index is 12.6. The van der Waals surface area contributed by atoms with Crippen LogP contribution in [0.5, 0.6) is 0 Å². The first-order valence-electron chi connectivity index (χ1n) is 10.2. The fourth-order valence-electron chi connectivity index (χ4n) is 3.88. The van der Waals surface area contributed by atoms with Crippen molar-refractivity contribution in [1.82, 2.24) is 24.8 Å². The third-order valence-electron chi connectivity index (χ3n) is 5.52. The Morgan fingerprint density at radius 3 is 3.03 bits per heavy atom. The van der Waals surface area contributed by atoms with Crippen molar-refractivity contribution in [2.24, 2.45) is 5.92 Å². The molecule has 1 aromatic carbocycles. The van der Waals surface area contributed by atoms with Gasteiger partial charge in [0, 0.05) is 23.7 Å². The Kier molecular flexibility index (Phi) is 5.67. The van der Waals surface area contributed by atoms with E-state index < -0.39 is 0 Å². The number of hydrogen-bond donors (Lipinski definition) is 2. The van der Waals surface area contributed by atoms with Crippen molar-refractivity contribution in [3.63, 3.8) is 0 Å². The summed E-state index contributed by atoms with van der Waals surface area (Å²) in [6, 6.07) is 7.88. The van der Waals surface area contributed by atoms with Gasteiger partial charge in [-0.05, 0) is 43.1 Å². The molecule has 158 valence electrons. The Bertz CT molecular complexity index is 1220. The predicted octanol–water partition coefficient (Wildman–Crippen LogP) is 4.19. The van der Waals surface area contributed by atoms with Crippen molar-refractivity contribution in [1.29, 1.82) is 0 Å². The van der Waals surface area contributed by atoms with Gasteiger partial charge in [0.05, 0.1) is 46.1 Å². The highest BCUT2D eigenvalue weighted by Gasteiger charge is 2.21. The molecule has 5 rings (SSSR count). The van der Waals surface area contributed by atoms with Gasteiger partial charge in [-0.25, -0.2) is 15.0 Å². The average molecular weight is 453 g/mol. The number of amides is 1. The first-order valence-corrected chi connectivity index (χ1v) is 11.5. The molecule has 1 fully saturated rings. The van der Waals surface area contributed by atoms with Crippen LogP contribution >= 0.6 is 22.9 Å². The fourth-order valence-corrected chi connectivity index (χ4v) is 4.64. The summed E-state index contributed by atoms with van der Waals surface area (Å²) in [7, 11) is 0. The fraction of sp³-hybridized carbons (Fsp3) is 0.273. The minimum atomic E-state index is -0.0345. The number of nitrogens with one attached hydrogen (secondary N) is 2. The molecule has 1 saturated heterocycles. The van der Waals surface area contributed by atoms with E-state index in [-0.39, 0.29) is 11.8 Å². The Hall–Kier alpha value is -2.81. The van der Waals surface area contributed by atoms with Crippen LogP contribution in [0.3, 0.4) is 0 Å². The molecule has 7 nitrogen and oxygen atoms in total. The van der Waals surface area contributed by atoms with E-state index in [9.17, 15) is 4.79 Å². The number of carbonyl (C=O) groups excluding carboxylic acids is 1. The molecule has 0 spiro atoms. The van der Waals surface area contributed by atoms with Gasteiger partial charge in [-0.1, -0.05) is 17.7 Å². The molecule has 4 aromatic rings. The lowest BCUT2D eigenvalue weighted by molar-refractivity contribution is -0.120. The van der Waals surface area contributed by atoms with Gasteiger partial charge in [0.25, 0.3) is 0 Å². The second-order valence-corrected chi connectivity index (χ2v) is 8.76. The third-order valence-corrected chi connectivity index (χ3v) is 6.46. The van der Waals surface area contributed by atoms with E-state index in [0.717, 1.165) is 47.2 Å². The Morgan fingerprint density at radius 2 is 2.23 bits per heavy atom. The van der Waals surface area contributed by atoms with Crippen LogP contribution in [0.4, 0.5) is 5.82 Å². The molecule has 0 aliphatic carbocycles. The van der Waals surface area contributed by atoms with Gasteiger partial charge in [0.15, 0.2) is 0 Å². The van der Waals surface area contributed by atoms with Crippen LogP contribution in [0.1, 0.15) is 18.5 Å². The number of fused-ring (bicyclic) bond motifs is 1. The van der Waals surface area contributed by atoms with Gasteiger partial charge in [-0.15, -0.1) is 11.3 Å². The van der Waals surface area contributed by atoms with E-state index in [4.69, 9.17) is 11.6 Å². The molecule has 1 atom stereocenters. The summed E-state index contributed by atoms with van der Waals surface area (Å²) in [5.74, 6) is 0.459. The van der Waals surface area contributed by atoms with Crippen LogP contribution in [0, 0.1) is 5.92 Å². The molecule has 0 bridgehead atoms. The lowest BCUT2D eigenvalue weighted by Gasteiger charge is -2.21. The summed E-state index contributed by atoms with van der Waals surface area (Å²) in [5.41, 5.74) is 6.48. The van der Waals surface area contributed by atoms with Crippen molar-refractivity contribution in [3.05, 3.63) is 58.4 Å². The molecule has 0 radical (unpaired) electrons. The van der Waals surface area contributed by atoms with E-state index in [2.05, 4.69) is 30.2 Å². The maximum Gasteiger partial charge on any atom is 0.229 e. The number of thiazole rings is 1. The van der Waals surface area contributed by atoms with Crippen LogP contribution < -0.4 is 10.6 Å². The quantitative estimate of drug-likeness (QED) is 0.474. The molecule has 0 saturated carbocycles. The second kappa shape index (κ2) is 8.74. The normalized spacial score (nSPS) is 16.5. The highest BCUT2D eigenvalue weighted by molar-refractivity contribution is 7.07. The zero-order chi connectivity index (χ0) is 21.2. The van der Waals surface area contributed by atoms with E-state index >= 15 is 0 Å². The van der Waals surface area contributed by atoms with E-state index in [1.807, 2.05) is 41.5 Å². The number of imidazole rings is 1. The Labute approximate surface area is 188 Å². The molecule has 1 unspecified atom stereocenters. The van der Waals surface area contributed by atoms with Gasteiger partial charge in [0.1, 0.15) is 5.82 Å². The largest absolute Gasteiger partial charge is 0.324 e. The first kappa shape index (κ1) is 20.1. The Morgan fingerprint density at radius 1 is 1.29 bits per heavy atom. The number of hydrogen-bond acceptors (Lipinski definition) is 6. The zero-order valence-corrected chi connectivity index (χ0v) is 18.3. The number of piperidine rings is 1. The Balaban J connectivity index is 1.40. The minimum absolute atomic E-state index is 0.00999. The summed E-state index contributed by atoms with van der Waals surface area (Å²) in [4.78, 5) is 25.8. The van der Waals surface area contributed by atoms with Crippen LogP contribution in [0.25, 0.3) is 22.2 Å². The molecule has 3 aromatic heterocycles. The van der Waals surface area contributed by atoms with Crippen LogP contribution in [0.15, 0.2) is 47.7 Å². The van der Waals surface area contributed by atoms with Gasteiger partial charge >= 0.3 is 0 Å². The van der Waals surface area contributed by atoms with E-state index in [1.165, 1.54) is 0 Å². The van der Waals surface area contributed by atoms with E-state index in [1.54, 1.807) is 17.5 Å². The summed E-state index contributed by atoms with van der Waals surface area (Å²) < 4.78 is 2.08. The molecule has 4 heterocycles. The number of nitrogens with zero attached hydrogens (tertiary/aromatic N) is 4. The molecular formula is C22H21ClN6OS.